The Kier molecular flexibility index (Phi) is 12.9. The number of hydrogen-bond donors (Lipinski definition) is 8. The van der Waals surface area contributed by atoms with Crippen molar-refractivity contribution in [3.8, 4) is 0 Å². The summed E-state index contributed by atoms with van der Waals surface area (Å²) in [6.45, 7) is 0.834. The molecule has 0 heterocycles. The third-order valence-electron chi connectivity index (χ3n) is 4.16. The highest BCUT2D eigenvalue weighted by Crippen LogP contribution is 2.03. The van der Waals surface area contributed by atoms with E-state index in [2.05, 4.69) is 16.0 Å². The molecule has 0 aromatic carbocycles. The number of unbranched alkanes of at least 4 members (excludes halogenated alkanes) is 1. The fourth-order valence-corrected chi connectivity index (χ4v) is 2.32. The number of rotatable bonds is 15. The lowest BCUT2D eigenvalue weighted by atomic mass is 10.1. The molecule has 0 aliphatic carbocycles. The summed E-state index contributed by atoms with van der Waals surface area (Å²) in [6.07, 6.45) is 1.23. The van der Waals surface area contributed by atoms with Gasteiger partial charge in [0.1, 0.15) is 18.1 Å². The summed E-state index contributed by atoms with van der Waals surface area (Å²) >= 11 is 0. The minimum Gasteiger partial charge on any atom is -0.480 e. The van der Waals surface area contributed by atoms with Crippen LogP contribution in [0.1, 0.15) is 39.0 Å². The Balaban J connectivity index is 5.09. The lowest BCUT2D eigenvalue weighted by Crippen LogP contribution is -2.57. The van der Waals surface area contributed by atoms with Crippen LogP contribution in [0.3, 0.4) is 0 Å². The number of nitrogens with one attached hydrogen (secondary N) is 3. The van der Waals surface area contributed by atoms with E-state index < -0.39 is 60.4 Å². The average Bonchev–Trinajstić information content (AvgIpc) is 2.68. The van der Waals surface area contributed by atoms with Crippen molar-refractivity contribution in [2.45, 2.75) is 63.2 Å². The Bertz CT molecular complexity index is 615. The molecule has 0 saturated carbocycles. The number of hydrogen-bond acceptors (Lipinski definition) is 8. The van der Waals surface area contributed by atoms with Crippen LogP contribution in [0.4, 0.5) is 0 Å². The molecule has 13 nitrogen and oxygen atoms in total. The summed E-state index contributed by atoms with van der Waals surface area (Å²) in [5.41, 5.74) is 16.3. The quantitative estimate of drug-likeness (QED) is 0.118. The van der Waals surface area contributed by atoms with Crippen molar-refractivity contribution in [2.24, 2.45) is 17.2 Å². The molecule has 0 saturated heterocycles. The van der Waals surface area contributed by atoms with Crippen LogP contribution in [0.2, 0.25) is 0 Å². The van der Waals surface area contributed by atoms with Crippen molar-refractivity contribution in [1.29, 1.82) is 0 Å². The molecular formula is C17H32N6O7. The lowest BCUT2D eigenvalue weighted by Gasteiger charge is -2.23. The average molecular weight is 432 g/mol. The van der Waals surface area contributed by atoms with E-state index in [0.29, 0.717) is 25.8 Å². The standard InChI is InChI=1S/C17H32N6O7/c1-9(17(29)30)21-16(28)12(8-24)23-15(27)11(5-6-13(20)25)22-14(26)10(19)4-2-3-7-18/h9-12,24H,2-8,18-19H2,1H3,(H2,20,25)(H,21,28)(H,22,26)(H,23,27)(H,29,30). The molecule has 0 bridgehead atoms. The van der Waals surface area contributed by atoms with E-state index in [0.717, 1.165) is 0 Å². The first kappa shape index (κ1) is 27.2. The van der Waals surface area contributed by atoms with Crippen LogP contribution < -0.4 is 33.2 Å². The monoisotopic (exact) mass is 432 g/mol. The maximum atomic E-state index is 12.5. The first-order valence-electron chi connectivity index (χ1n) is 9.52. The predicted molar refractivity (Wildman–Crippen MR) is 105 cm³/mol. The molecule has 172 valence electrons. The van der Waals surface area contributed by atoms with Crippen molar-refractivity contribution >= 4 is 29.6 Å². The van der Waals surface area contributed by atoms with Gasteiger partial charge in [0, 0.05) is 6.42 Å². The number of carboxylic acids is 1. The molecule has 4 unspecified atom stereocenters. The predicted octanol–water partition coefficient (Wildman–Crippen LogP) is -3.74. The fourth-order valence-electron chi connectivity index (χ4n) is 2.32. The van der Waals surface area contributed by atoms with Crippen molar-refractivity contribution in [3.63, 3.8) is 0 Å². The molecule has 0 aromatic heterocycles. The molecule has 0 fully saturated rings. The first-order chi connectivity index (χ1) is 14.0. The van der Waals surface area contributed by atoms with Crippen LogP contribution in [-0.2, 0) is 24.0 Å². The molecule has 11 N–H and O–H groups in total. The summed E-state index contributed by atoms with van der Waals surface area (Å²) in [4.78, 5) is 58.7. The van der Waals surface area contributed by atoms with Crippen molar-refractivity contribution in [3.05, 3.63) is 0 Å². The van der Waals surface area contributed by atoms with Gasteiger partial charge in [-0.2, -0.15) is 0 Å². The molecule has 0 aliphatic rings. The molecule has 0 spiro atoms. The van der Waals surface area contributed by atoms with Crippen LogP contribution in [0.5, 0.6) is 0 Å². The van der Waals surface area contributed by atoms with Crippen molar-refractivity contribution < 1.29 is 34.2 Å². The second-order valence-corrected chi connectivity index (χ2v) is 6.77. The molecule has 0 aromatic rings. The highest BCUT2D eigenvalue weighted by atomic mass is 16.4. The van der Waals surface area contributed by atoms with Gasteiger partial charge in [-0.25, -0.2) is 0 Å². The third kappa shape index (κ3) is 10.7. The van der Waals surface area contributed by atoms with Crippen LogP contribution in [0.25, 0.3) is 0 Å². The van der Waals surface area contributed by atoms with Gasteiger partial charge in [-0.05, 0) is 32.7 Å². The number of amides is 4. The van der Waals surface area contributed by atoms with E-state index in [1.807, 2.05) is 0 Å². The van der Waals surface area contributed by atoms with Crippen molar-refractivity contribution in [2.75, 3.05) is 13.2 Å². The number of carboxylic acid groups (broad SMARTS) is 1. The van der Waals surface area contributed by atoms with Crippen LogP contribution >= 0.6 is 0 Å². The minimum atomic E-state index is -1.47. The molecule has 0 radical (unpaired) electrons. The lowest BCUT2D eigenvalue weighted by molar-refractivity contribution is -0.142. The van der Waals surface area contributed by atoms with E-state index in [9.17, 15) is 29.1 Å². The number of primary amides is 1. The minimum absolute atomic E-state index is 0.159. The Morgan fingerprint density at radius 3 is 1.97 bits per heavy atom. The Labute approximate surface area is 174 Å². The van der Waals surface area contributed by atoms with Crippen LogP contribution in [0, 0.1) is 0 Å². The number of aliphatic hydroxyl groups excluding tert-OH is 1. The smallest absolute Gasteiger partial charge is 0.325 e. The number of aliphatic hydroxyl groups is 1. The fraction of sp³-hybridized carbons (Fsp3) is 0.706. The third-order valence-corrected chi connectivity index (χ3v) is 4.16. The van der Waals surface area contributed by atoms with Gasteiger partial charge in [0.2, 0.25) is 23.6 Å². The van der Waals surface area contributed by atoms with E-state index in [-0.39, 0.29) is 12.8 Å². The van der Waals surface area contributed by atoms with Crippen LogP contribution in [-0.4, -0.2) is 77.1 Å². The van der Waals surface area contributed by atoms with E-state index in [1.165, 1.54) is 6.92 Å². The second-order valence-electron chi connectivity index (χ2n) is 6.77. The van der Waals surface area contributed by atoms with Gasteiger partial charge in [-0.15, -0.1) is 0 Å². The first-order valence-corrected chi connectivity index (χ1v) is 9.52. The van der Waals surface area contributed by atoms with Gasteiger partial charge in [0.15, 0.2) is 0 Å². The largest absolute Gasteiger partial charge is 0.480 e. The summed E-state index contributed by atoms with van der Waals surface area (Å²) in [7, 11) is 0. The maximum Gasteiger partial charge on any atom is 0.325 e. The van der Waals surface area contributed by atoms with Gasteiger partial charge < -0.3 is 43.4 Å². The summed E-state index contributed by atoms with van der Waals surface area (Å²) in [6, 6.07) is -4.87. The molecule has 13 heteroatoms. The number of carbonyl (C=O) groups is 5. The normalized spacial score (nSPS) is 14.7. The second kappa shape index (κ2) is 14.3. The molecule has 0 aliphatic heterocycles. The zero-order valence-corrected chi connectivity index (χ0v) is 16.9. The number of aliphatic carboxylic acids is 1. The van der Waals surface area contributed by atoms with E-state index in [1.54, 1.807) is 0 Å². The molecule has 4 amide bonds. The van der Waals surface area contributed by atoms with E-state index in [4.69, 9.17) is 22.3 Å². The number of nitrogens with two attached hydrogens (primary N) is 3. The SMILES string of the molecule is CC(NC(=O)C(CO)NC(=O)C(CCC(N)=O)NC(=O)C(N)CCCCN)C(=O)O. The Hall–Kier alpha value is -2.77. The molecule has 0 rings (SSSR count). The van der Waals surface area contributed by atoms with Gasteiger partial charge in [0.25, 0.3) is 0 Å². The van der Waals surface area contributed by atoms with Gasteiger partial charge in [-0.1, -0.05) is 6.42 Å². The van der Waals surface area contributed by atoms with E-state index >= 15 is 0 Å². The zero-order valence-electron chi connectivity index (χ0n) is 16.9. The van der Waals surface area contributed by atoms with Gasteiger partial charge in [-0.3, -0.25) is 24.0 Å². The molecular weight excluding hydrogens is 400 g/mol. The summed E-state index contributed by atoms with van der Waals surface area (Å²) in [5.74, 6) is -4.45. The summed E-state index contributed by atoms with van der Waals surface area (Å²) < 4.78 is 0. The molecule has 30 heavy (non-hydrogen) atoms. The Morgan fingerprint density at radius 1 is 0.900 bits per heavy atom. The molecule has 4 atom stereocenters. The number of carbonyl (C=O) groups excluding carboxylic acids is 4. The topological polar surface area (TPSA) is 240 Å². The van der Waals surface area contributed by atoms with Crippen LogP contribution in [0.15, 0.2) is 0 Å². The Morgan fingerprint density at radius 2 is 1.47 bits per heavy atom. The highest BCUT2D eigenvalue weighted by Gasteiger charge is 2.29. The maximum absolute atomic E-state index is 12.5. The zero-order chi connectivity index (χ0) is 23.3. The summed E-state index contributed by atoms with van der Waals surface area (Å²) in [5, 5.41) is 24.9. The van der Waals surface area contributed by atoms with Crippen molar-refractivity contribution in [1.82, 2.24) is 16.0 Å². The van der Waals surface area contributed by atoms with Gasteiger partial charge in [0.05, 0.1) is 12.6 Å². The highest BCUT2D eigenvalue weighted by molar-refractivity contribution is 5.94. The van der Waals surface area contributed by atoms with Gasteiger partial charge >= 0.3 is 5.97 Å².